The second-order valence-corrected chi connectivity index (χ2v) is 7.50. The zero-order valence-electron chi connectivity index (χ0n) is 13.7. The SMILES string of the molecule is O=C1NC(=S)S/C1=C/c1ccccc1OCCCOc1ccccc1Cl. The Kier molecular flexibility index (Phi) is 6.55. The van der Waals surface area contributed by atoms with Gasteiger partial charge in [0.15, 0.2) is 0 Å². The van der Waals surface area contributed by atoms with Crippen molar-refractivity contribution in [1.82, 2.24) is 5.32 Å². The number of amides is 1. The molecule has 7 heteroatoms. The lowest BCUT2D eigenvalue weighted by molar-refractivity contribution is -0.115. The van der Waals surface area contributed by atoms with Gasteiger partial charge in [-0.3, -0.25) is 4.79 Å². The van der Waals surface area contributed by atoms with Crippen LogP contribution in [0.15, 0.2) is 53.4 Å². The van der Waals surface area contributed by atoms with E-state index in [9.17, 15) is 4.79 Å². The van der Waals surface area contributed by atoms with Gasteiger partial charge >= 0.3 is 0 Å². The number of carbonyl (C=O) groups is 1. The maximum Gasteiger partial charge on any atom is 0.263 e. The molecule has 0 aromatic heterocycles. The van der Waals surface area contributed by atoms with E-state index in [1.54, 1.807) is 12.1 Å². The number of benzene rings is 2. The Morgan fingerprint density at radius 3 is 2.38 bits per heavy atom. The number of thioether (sulfide) groups is 1. The first-order valence-corrected chi connectivity index (χ1v) is 9.58. The zero-order valence-corrected chi connectivity index (χ0v) is 16.1. The predicted octanol–water partition coefficient (Wildman–Crippen LogP) is 4.68. The largest absolute Gasteiger partial charge is 0.493 e. The van der Waals surface area contributed by atoms with E-state index in [-0.39, 0.29) is 5.91 Å². The van der Waals surface area contributed by atoms with E-state index in [2.05, 4.69) is 5.32 Å². The van der Waals surface area contributed by atoms with Crippen LogP contribution in [0.4, 0.5) is 0 Å². The van der Waals surface area contributed by atoms with E-state index < -0.39 is 0 Å². The highest BCUT2D eigenvalue weighted by Gasteiger charge is 2.22. The molecule has 1 N–H and O–H groups in total. The molecule has 0 bridgehead atoms. The van der Waals surface area contributed by atoms with Crippen LogP contribution in [0, 0.1) is 0 Å². The summed E-state index contributed by atoms with van der Waals surface area (Å²) in [5.41, 5.74) is 0.835. The highest BCUT2D eigenvalue weighted by Crippen LogP contribution is 2.29. The van der Waals surface area contributed by atoms with Crippen molar-refractivity contribution in [2.45, 2.75) is 6.42 Å². The summed E-state index contributed by atoms with van der Waals surface area (Å²) in [6.07, 6.45) is 2.49. The second-order valence-electron chi connectivity index (χ2n) is 5.37. The molecule has 1 aliphatic heterocycles. The van der Waals surface area contributed by atoms with Gasteiger partial charge in [0.2, 0.25) is 0 Å². The number of carbonyl (C=O) groups excluding carboxylic acids is 1. The molecule has 0 atom stereocenters. The van der Waals surface area contributed by atoms with E-state index in [1.165, 1.54) is 11.8 Å². The van der Waals surface area contributed by atoms with Gasteiger partial charge in [-0.1, -0.05) is 65.9 Å². The molecule has 26 heavy (non-hydrogen) atoms. The van der Waals surface area contributed by atoms with Crippen molar-refractivity contribution in [2.24, 2.45) is 0 Å². The van der Waals surface area contributed by atoms with Gasteiger partial charge in [-0.15, -0.1) is 0 Å². The summed E-state index contributed by atoms with van der Waals surface area (Å²) in [4.78, 5) is 12.4. The van der Waals surface area contributed by atoms with Crippen LogP contribution in [0.5, 0.6) is 11.5 Å². The van der Waals surface area contributed by atoms with Gasteiger partial charge in [-0.2, -0.15) is 0 Å². The molecule has 1 saturated heterocycles. The number of thiocarbonyl (C=S) groups is 1. The third-order valence-electron chi connectivity index (χ3n) is 3.49. The van der Waals surface area contributed by atoms with Crippen LogP contribution in [0.25, 0.3) is 6.08 Å². The minimum atomic E-state index is -0.178. The summed E-state index contributed by atoms with van der Waals surface area (Å²) in [5, 5.41) is 3.20. The Morgan fingerprint density at radius 1 is 1.04 bits per heavy atom. The second kappa shape index (κ2) is 9.07. The molecule has 0 aliphatic carbocycles. The molecule has 134 valence electrons. The molecule has 0 unspecified atom stereocenters. The normalized spacial score (nSPS) is 15.2. The maximum atomic E-state index is 11.8. The molecule has 1 aliphatic rings. The average molecular weight is 406 g/mol. The summed E-state index contributed by atoms with van der Waals surface area (Å²) in [6.45, 7) is 0.988. The Morgan fingerprint density at radius 2 is 1.69 bits per heavy atom. The average Bonchev–Trinajstić information content (AvgIpc) is 2.94. The molecule has 0 saturated carbocycles. The number of ether oxygens (including phenoxy) is 2. The standard InChI is InChI=1S/C19H16ClNO3S2/c20-14-7-2-4-9-16(14)24-11-5-10-23-15-8-3-1-6-13(15)12-17-18(22)21-19(25)26-17/h1-4,6-9,12H,5,10-11H2,(H,21,22,25)/b17-12+. The molecule has 0 radical (unpaired) electrons. The molecule has 2 aromatic carbocycles. The van der Waals surface area contributed by atoms with Crippen molar-refractivity contribution >= 4 is 51.9 Å². The van der Waals surface area contributed by atoms with Gasteiger partial charge in [0.05, 0.1) is 23.1 Å². The highest BCUT2D eigenvalue weighted by molar-refractivity contribution is 8.26. The molecule has 0 spiro atoms. The van der Waals surface area contributed by atoms with Crippen LogP contribution in [0.2, 0.25) is 5.02 Å². The van der Waals surface area contributed by atoms with E-state index in [0.717, 1.165) is 5.56 Å². The minimum absolute atomic E-state index is 0.178. The summed E-state index contributed by atoms with van der Waals surface area (Å²) >= 11 is 12.3. The van der Waals surface area contributed by atoms with Crippen molar-refractivity contribution in [3.05, 3.63) is 64.0 Å². The molecule has 1 fully saturated rings. The van der Waals surface area contributed by atoms with Crippen LogP contribution in [0.1, 0.15) is 12.0 Å². The highest BCUT2D eigenvalue weighted by atomic mass is 35.5. The molecule has 1 heterocycles. The van der Waals surface area contributed by atoms with Crippen molar-refractivity contribution in [1.29, 1.82) is 0 Å². The first kappa shape index (κ1) is 18.8. The van der Waals surface area contributed by atoms with Gasteiger partial charge in [-0.25, -0.2) is 0 Å². The lowest BCUT2D eigenvalue weighted by Gasteiger charge is -2.11. The van der Waals surface area contributed by atoms with Crippen LogP contribution < -0.4 is 14.8 Å². The first-order valence-electron chi connectivity index (χ1n) is 7.97. The lowest BCUT2D eigenvalue weighted by atomic mass is 10.2. The van der Waals surface area contributed by atoms with Crippen LogP contribution >= 0.6 is 35.6 Å². The van der Waals surface area contributed by atoms with Crippen LogP contribution in [-0.4, -0.2) is 23.4 Å². The van der Waals surface area contributed by atoms with Gasteiger partial charge in [-0.05, 0) is 24.3 Å². The molecule has 4 nitrogen and oxygen atoms in total. The van der Waals surface area contributed by atoms with E-state index in [4.69, 9.17) is 33.3 Å². The number of rotatable bonds is 7. The Balaban J connectivity index is 1.54. The zero-order chi connectivity index (χ0) is 18.4. The third kappa shape index (κ3) is 5.00. The van der Waals surface area contributed by atoms with Crippen molar-refractivity contribution < 1.29 is 14.3 Å². The Labute approximate surface area is 166 Å². The van der Waals surface area contributed by atoms with Crippen molar-refractivity contribution in [2.75, 3.05) is 13.2 Å². The van der Waals surface area contributed by atoms with Gasteiger partial charge in [0, 0.05) is 12.0 Å². The molecular weight excluding hydrogens is 390 g/mol. The topological polar surface area (TPSA) is 47.6 Å². The Bertz CT molecular complexity index is 854. The molecule has 3 rings (SSSR count). The Hall–Kier alpha value is -2.02. The molecule has 1 amide bonds. The summed E-state index contributed by atoms with van der Waals surface area (Å²) in [7, 11) is 0. The fourth-order valence-electron chi connectivity index (χ4n) is 2.28. The minimum Gasteiger partial charge on any atom is -0.493 e. The van der Waals surface area contributed by atoms with E-state index >= 15 is 0 Å². The number of halogens is 1. The van der Waals surface area contributed by atoms with Gasteiger partial charge in [0.25, 0.3) is 5.91 Å². The monoisotopic (exact) mass is 405 g/mol. The van der Waals surface area contributed by atoms with Gasteiger partial charge in [0.1, 0.15) is 15.8 Å². The third-order valence-corrected chi connectivity index (χ3v) is 4.96. The predicted molar refractivity (Wildman–Crippen MR) is 110 cm³/mol. The number of hydrogen-bond donors (Lipinski definition) is 1. The summed E-state index contributed by atoms with van der Waals surface area (Å²) in [6, 6.07) is 14.9. The smallest absolute Gasteiger partial charge is 0.263 e. The number of hydrogen-bond acceptors (Lipinski definition) is 5. The summed E-state index contributed by atoms with van der Waals surface area (Å²) in [5.74, 6) is 1.20. The maximum absolute atomic E-state index is 11.8. The molecule has 2 aromatic rings. The fourth-order valence-corrected chi connectivity index (χ4v) is 3.50. The van der Waals surface area contributed by atoms with Crippen molar-refractivity contribution in [3.63, 3.8) is 0 Å². The van der Waals surface area contributed by atoms with E-state index in [1.807, 2.05) is 42.5 Å². The van der Waals surface area contributed by atoms with Crippen LogP contribution in [-0.2, 0) is 4.79 Å². The fraction of sp³-hybridized carbons (Fsp3) is 0.158. The van der Waals surface area contributed by atoms with E-state index in [0.29, 0.717) is 45.4 Å². The number of nitrogens with one attached hydrogen (secondary N) is 1. The van der Waals surface area contributed by atoms with Crippen LogP contribution in [0.3, 0.4) is 0 Å². The lowest BCUT2D eigenvalue weighted by Crippen LogP contribution is -2.17. The molecular formula is C19H16ClNO3S2. The number of para-hydroxylation sites is 2. The summed E-state index contributed by atoms with van der Waals surface area (Å²) < 4.78 is 12.0. The first-order chi connectivity index (χ1) is 12.6. The van der Waals surface area contributed by atoms with Gasteiger partial charge < -0.3 is 14.8 Å². The quantitative estimate of drug-likeness (QED) is 0.412. The van der Waals surface area contributed by atoms with Crippen molar-refractivity contribution in [3.8, 4) is 11.5 Å².